The predicted molar refractivity (Wildman–Crippen MR) is 77.7 cm³/mol. The third-order valence-corrected chi connectivity index (χ3v) is 3.98. The maximum atomic E-state index is 10.2. The van der Waals surface area contributed by atoms with Crippen LogP contribution in [0.4, 0.5) is 5.69 Å². The van der Waals surface area contributed by atoms with Gasteiger partial charge >= 0.3 is 0 Å². The molecule has 3 N–H and O–H groups in total. The first-order valence-corrected chi connectivity index (χ1v) is 7.20. The Hall–Kier alpha value is -1.06. The molecular weight excluding hydrogens is 238 g/mol. The number of rotatable bonds is 4. The van der Waals surface area contributed by atoms with Crippen molar-refractivity contribution in [3.63, 3.8) is 0 Å². The lowest BCUT2D eigenvalue weighted by atomic mass is 9.82. The molecule has 0 bridgehead atoms. The van der Waals surface area contributed by atoms with Crippen LogP contribution in [0.3, 0.4) is 0 Å². The molecule has 2 rings (SSSR count). The van der Waals surface area contributed by atoms with Gasteiger partial charge in [0, 0.05) is 11.3 Å². The van der Waals surface area contributed by atoms with Crippen LogP contribution in [0.2, 0.25) is 0 Å². The zero-order valence-corrected chi connectivity index (χ0v) is 11.9. The van der Waals surface area contributed by atoms with Gasteiger partial charge in [0.05, 0.1) is 12.7 Å². The molecule has 1 aliphatic rings. The highest BCUT2D eigenvalue weighted by Crippen LogP contribution is 2.31. The molecule has 0 amide bonds. The number of para-hydroxylation sites is 1. The molecule has 0 radical (unpaired) electrons. The lowest BCUT2D eigenvalue weighted by Gasteiger charge is -2.32. The van der Waals surface area contributed by atoms with Crippen molar-refractivity contribution in [3.8, 4) is 0 Å². The third kappa shape index (κ3) is 3.95. The molecule has 0 spiro atoms. The second-order valence-electron chi connectivity index (χ2n) is 6.02. The first kappa shape index (κ1) is 14.4. The minimum Gasteiger partial charge on any atom is -0.398 e. The minimum absolute atomic E-state index is 0.276. The van der Waals surface area contributed by atoms with Gasteiger partial charge in [-0.2, -0.15) is 0 Å². The molecule has 3 atom stereocenters. The van der Waals surface area contributed by atoms with E-state index >= 15 is 0 Å². The topological polar surface area (TPSA) is 55.5 Å². The largest absolute Gasteiger partial charge is 0.398 e. The summed E-state index contributed by atoms with van der Waals surface area (Å²) in [6.45, 7) is 4.88. The van der Waals surface area contributed by atoms with Gasteiger partial charge < -0.3 is 15.6 Å². The van der Waals surface area contributed by atoms with Crippen molar-refractivity contribution in [2.24, 2.45) is 11.8 Å². The normalized spacial score (nSPS) is 29.1. The van der Waals surface area contributed by atoms with Crippen molar-refractivity contribution in [2.75, 3.05) is 12.3 Å². The average Bonchev–Trinajstić information content (AvgIpc) is 2.35. The average molecular weight is 263 g/mol. The Bertz CT molecular complexity index is 397. The number of benzene rings is 1. The number of hydrogen-bond acceptors (Lipinski definition) is 3. The Morgan fingerprint density at radius 2 is 1.84 bits per heavy atom. The molecule has 19 heavy (non-hydrogen) atoms. The Labute approximate surface area is 115 Å². The Balaban J connectivity index is 1.87. The van der Waals surface area contributed by atoms with E-state index in [0.29, 0.717) is 24.1 Å². The van der Waals surface area contributed by atoms with E-state index in [4.69, 9.17) is 10.5 Å². The summed E-state index contributed by atoms with van der Waals surface area (Å²) in [4.78, 5) is 0. The van der Waals surface area contributed by atoms with Crippen LogP contribution in [0, 0.1) is 11.8 Å². The number of nitrogens with two attached hydrogens (primary N) is 1. The molecule has 0 aliphatic heterocycles. The van der Waals surface area contributed by atoms with Gasteiger partial charge in [-0.25, -0.2) is 0 Å². The Kier molecular flexibility index (Phi) is 4.83. The molecule has 1 aliphatic carbocycles. The van der Waals surface area contributed by atoms with Crippen LogP contribution in [0.15, 0.2) is 24.3 Å². The first-order valence-electron chi connectivity index (χ1n) is 7.20. The lowest BCUT2D eigenvalue weighted by Crippen LogP contribution is -2.27. The quantitative estimate of drug-likeness (QED) is 0.820. The summed E-state index contributed by atoms with van der Waals surface area (Å²) in [6.07, 6.45) is 3.13. The lowest BCUT2D eigenvalue weighted by molar-refractivity contribution is -0.0410. The summed E-state index contributed by atoms with van der Waals surface area (Å²) < 4.78 is 5.89. The fourth-order valence-electron chi connectivity index (χ4n) is 3.14. The van der Waals surface area contributed by atoms with Crippen LogP contribution in [0.1, 0.15) is 44.8 Å². The number of ether oxygens (including phenoxy) is 1. The second kappa shape index (κ2) is 6.40. The van der Waals surface area contributed by atoms with Crippen molar-refractivity contribution >= 4 is 5.69 Å². The molecule has 0 saturated heterocycles. The highest BCUT2D eigenvalue weighted by molar-refractivity contribution is 5.47. The van der Waals surface area contributed by atoms with Crippen molar-refractivity contribution in [3.05, 3.63) is 29.8 Å². The van der Waals surface area contributed by atoms with E-state index in [1.807, 2.05) is 24.3 Å². The molecule has 106 valence electrons. The molecule has 1 saturated carbocycles. The number of hydrogen-bond donors (Lipinski definition) is 2. The SMILES string of the molecule is CC1CC(C)CC(OCC(O)c2ccccc2N)C1. The van der Waals surface area contributed by atoms with Gasteiger partial charge in [0.2, 0.25) is 0 Å². The summed E-state index contributed by atoms with van der Waals surface area (Å²) >= 11 is 0. The van der Waals surface area contributed by atoms with Gasteiger partial charge in [-0.05, 0) is 37.2 Å². The molecule has 1 fully saturated rings. The molecule has 1 aromatic carbocycles. The van der Waals surface area contributed by atoms with Crippen molar-refractivity contribution < 1.29 is 9.84 Å². The van der Waals surface area contributed by atoms with E-state index in [-0.39, 0.29) is 6.10 Å². The summed E-state index contributed by atoms with van der Waals surface area (Å²) in [6, 6.07) is 7.43. The fourth-order valence-corrected chi connectivity index (χ4v) is 3.14. The predicted octanol–water partition coefficient (Wildman–Crippen LogP) is 3.14. The zero-order valence-electron chi connectivity index (χ0n) is 11.9. The monoisotopic (exact) mass is 263 g/mol. The van der Waals surface area contributed by atoms with E-state index < -0.39 is 6.10 Å². The molecule has 0 aromatic heterocycles. The maximum Gasteiger partial charge on any atom is 0.104 e. The summed E-state index contributed by atoms with van der Waals surface area (Å²) in [5.41, 5.74) is 7.25. The summed E-state index contributed by atoms with van der Waals surface area (Å²) in [5.74, 6) is 1.43. The number of aliphatic hydroxyl groups excluding tert-OH is 1. The number of anilines is 1. The molecule has 3 nitrogen and oxygen atoms in total. The van der Waals surface area contributed by atoms with Crippen molar-refractivity contribution in [1.82, 2.24) is 0 Å². The van der Waals surface area contributed by atoms with Crippen LogP contribution >= 0.6 is 0 Å². The summed E-state index contributed by atoms with van der Waals surface area (Å²) in [7, 11) is 0. The van der Waals surface area contributed by atoms with E-state index in [9.17, 15) is 5.11 Å². The zero-order chi connectivity index (χ0) is 13.8. The van der Waals surface area contributed by atoms with Gasteiger partial charge in [-0.15, -0.1) is 0 Å². The molecule has 1 aromatic rings. The fraction of sp³-hybridized carbons (Fsp3) is 0.625. The third-order valence-electron chi connectivity index (χ3n) is 3.98. The van der Waals surface area contributed by atoms with Gasteiger partial charge in [-0.1, -0.05) is 32.0 Å². The van der Waals surface area contributed by atoms with E-state index in [0.717, 1.165) is 18.4 Å². The van der Waals surface area contributed by atoms with Crippen LogP contribution in [0.5, 0.6) is 0 Å². The highest BCUT2D eigenvalue weighted by atomic mass is 16.5. The van der Waals surface area contributed by atoms with E-state index in [1.54, 1.807) is 0 Å². The molecule has 3 heteroatoms. The van der Waals surface area contributed by atoms with Crippen LogP contribution < -0.4 is 5.73 Å². The number of aliphatic hydroxyl groups is 1. The highest BCUT2D eigenvalue weighted by Gasteiger charge is 2.25. The van der Waals surface area contributed by atoms with Gasteiger partial charge in [-0.3, -0.25) is 0 Å². The Morgan fingerprint density at radius 3 is 2.47 bits per heavy atom. The van der Waals surface area contributed by atoms with Gasteiger partial charge in [0.15, 0.2) is 0 Å². The first-order chi connectivity index (χ1) is 9.06. The molecule has 3 unspecified atom stereocenters. The van der Waals surface area contributed by atoms with Crippen LogP contribution in [0.25, 0.3) is 0 Å². The standard InChI is InChI=1S/C16H25NO2/c1-11-7-12(2)9-13(8-11)19-10-16(18)14-5-3-4-6-15(14)17/h3-6,11-13,16,18H,7-10,17H2,1-2H3. The smallest absolute Gasteiger partial charge is 0.104 e. The van der Waals surface area contributed by atoms with Crippen molar-refractivity contribution in [1.29, 1.82) is 0 Å². The maximum absolute atomic E-state index is 10.2. The molecular formula is C16H25NO2. The van der Waals surface area contributed by atoms with E-state index in [1.165, 1.54) is 6.42 Å². The van der Waals surface area contributed by atoms with Gasteiger partial charge in [0.25, 0.3) is 0 Å². The van der Waals surface area contributed by atoms with Crippen molar-refractivity contribution in [2.45, 2.75) is 45.3 Å². The van der Waals surface area contributed by atoms with Gasteiger partial charge in [0.1, 0.15) is 6.10 Å². The minimum atomic E-state index is -0.631. The second-order valence-corrected chi connectivity index (χ2v) is 6.02. The van der Waals surface area contributed by atoms with Crippen LogP contribution in [-0.2, 0) is 4.74 Å². The van der Waals surface area contributed by atoms with E-state index in [2.05, 4.69) is 13.8 Å². The number of nitrogen functional groups attached to an aromatic ring is 1. The molecule has 0 heterocycles. The van der Waals surface area contributed by atoms with Crippen LogP contribution in [-0.4, -0.2) is 17.8 Å². The Morgan fingerprint density at radius 1 is 1.21 bits per heavy atom. The summed E-state index contributed by atoms with van der Waals surface area (Å²) in [5, 5.41) is 10.2.